The minimum Gasteiger partial charge on any atom is -0.383 e. The number of aromatic nitrogens is 1. The van der Waals surface area contributed by atoms with Gasteiger partial charge in [0.15, 0.2) is 11.6 Å². The Morgan fingerprint density at radius 3 is 2.43 bits per heavy atom. The lowest BCUT2D eigenvalue weighted by molar-refractivity contribution is 0.213. The number of benzene rings is 2. The van der Waals surface area contributed by atoms with Crippen LogP contribution < -0.4 is 0 Å². The lowest BCUT2D eigenvalue weighted by Crippen LogP contribution is -2.05. The van der Waals surface area contributed by atoms with Gasteiger partial charge in [-0.25, -0.2) is 13.2 Å². The van der Waals surface area contributed by atoms with Crippen LogP contribution in [0, 0.1) is 17.5 Å². The number of aliphatic hydroxyl groups excluding tert-OH is 1. The minimum atomic E-state index is -1.42. The Hall–Kier alpha value is -2.40. The maximum Gasteiger partial charge on any atom is 0.161 e. The fourth-order valence-corrected chi connectivity index (χ4v) is 2.16. The number of rotatable bonds is 2. The van der Waals surface area contributed by atoms with Crippen LogP contribution in [-0.4, -0.2) is 10.1 Å². The van der Waals surface area contributed by atoms with Crippen molar-refractivity contribution in [2.45, 2.75) is 6.10 Å². The van der Waals surface area contributed by atoms with Crippen molar-refractivity contribution < 1.29 is 18.3 Å². The second kappa shape index (κ2) is 5.18. The van der Waals surface area contributed by atoms with Crippen molar-refractivity contribution in [2.75, 3.05) is 0 Å². The zero-order chi connectivity index (χ0) is 15.0. The summed E-state index contributed by atoms with van der Waals surface area (Å²) in [6.45, 7) is 0. The summed E-state index contributed by atoms with van der Waals surface area (Å²) in [6.07, 6.45) is -0.0366. The molecule has 0 aliphatic heterocycles. The van der Waals surface area contributed by atoms with Gasteiger partial charge in [-0.05, 0) is 18.2 Å². The SMILES string of the molecule is OC(c1cnc2ccccc2c1)c1cc(F)c(F)cc1F. The van der Waals surface area contributed by atoms with Gasteiger partial charge in [-0.2, -0.15) is 0 Å². The first-order valence-electron chi connectivity index (χ1n) is 6.23. The van der Waals surface area contributed by atoms with E-state index in [0.29, 0.717) is 17.7 Å². The third kappa shape index (κ3) is 2.48. The Balaban J connectivity index is 2.07. The average Bonchev–Trinajstić information content (AvgIpc) is 2.50. The first kappa shape index (κ1) is 13.6. The van der Waals surface area contributed by atoms with Gasteiger partial charge in [0.05, 0.1) is 5.52 Å². The molecule has 2 nitrogen and oxygen atoms in total. The topological polar surface area (TPSA) is 33.1 Å². The van der Waals surface area contributed by atoms with Crippen molar-refractivity contribution in [1.29, 1.82) is 0 Å². The summed E-state index contributed by atoms with van der Waals surface area (Å²) < 4.78 is 39.8. The van der Waals surface area contributed by atoms with Crippen LogP contribution >= 0.6 is 0 Å². The van der Waals surface area contributed by atoms with Gasteiger partial charge in [0.1, 0.15) is 11.9 Å². The van der Waals surface area contributed by atoms with Crippen LogP contribution in [0.4, 0.5) is 13.2 Å². The quantitative estimate of drug-likeness (QED) is 0.729. The molecular weight excluding hydrogens is 279 g/mol. The van der Waals surface area contributed by atoms with E-state index in [0.717, 1.165) is 10.9 Å². The molecule has 2 aromatic carbocycles. The standard InChI is InChI=1S/C16H10F3NO/c17-12-7-14(19)13(18)6-11(12)16(21)10-5-9-3-1-2-4-15(9)20-8-10/h1-8,16,21H. The normalized spacial score (nSPS) is 12.6. The Labute approximate surface area is 118 Å². The fraction of sp³-hybridized carbons (Fsp3) is 0.0625. The summed E-state index contributed by atoms with van der Waals surface area (Å²) in [4.78, 5) is 4.15. The predicted octanol–water partition coefficient (Wildman–Crippen LogP) is 3.73. The highest BCUT2D eigenvalue weighted by Crippen LogP contribution is 2.27. The molecule has 21 heavy (non-hydrogen) atoms. The van der Waals surface area contributed by atoms with E-state index in [1.54, 1.807) is 24.3 Å². The number of fused-ring (bicyclic) bond motifs is 1. The zero-order valence-corrected chi connectivity index (χ0v) is 10.7. The second-order valence-corrected chi connectivity index (χ2v) is 4.65. The highest BCUT2D eigenvalue weighted by Gasteiger charge is 2.19. The van der Waals surface area contributed by atoms with Crippen molar-refractivity contribution in [3.05, 3.63) is 77.2 Å². The van der Waals surface area contributed by atoms with Crippen molar-refractivity contribution >= 4 is 10.9 Å². The largest absolute Gasteiger partial charge is 0.383 e. The third-order valence-corrected chi connectivity index (χ3v) is 3.26. The molecule has 0 aliphatic rings. The van der Waals surface area contributed by atoms with Gasteiger partial charge < -0.3 is 5.11 Å². The van der Waals surface area contributed by atoms with Crippen LogP contribution in [-0.2, 0) is 0 Å². The van der Waals surface area contributed by atoms with E-state index < -0.39 is 23.6 Å². The molecule has 1 N–H and O–H groups in total. The summed E-state index contributed by atoms with van der Waals surface area (Å²) in [7, 11) is 0. The molecule has 0 saturated heterocycles. The molecule has 106 valence electrons. The van der Waals surface area contributed by atoms with Crippen LogP contribution in [0.3, 0.4) is 0 Å². The summed E-state index contributed by atoms with van der Waals surface area (Å²) in [6, 6.07) is 9.92. The Morgan fingerprint density at radius 1 is 0.905 bits per heavy atom. The van der Waals surface area contributed by atoms with Gasteiger partial charge in [0.2, 0.25) is 0 Å². The molecule has 0 saturated carbocycles. The van der Waals surface area contributed by atoms with E-state index in [2.05, 4.69) is 4.98 Å². The monoisotopic (exact) mass is 289 g/mol. The Morgan fingerprint density at radius 2 is 1.62 bits per heavy atom. The van der Waals surface area contributed by atoms with Crippen LogP contribution in [0.2, 0.25) is 0 Å². The molecule has 0 spiro atoms. The molecular formula is C16H10F3NO. The fourth-order valence-electron chi connectivity index (χ4n) is 2.16. The van der Waals surface area contributed by atoms with Crippen molar-refractivity contribution in [1.82, 2.24) is 4.98 Å². The van der Waals surface area contributed by atoms with Crippen molar-refractivity contribution in [3.63, 3.8) is 0 Å². The number of halogens is 3. The molecule has 3 aromatic rings. The highest BCUT2D eigenvalue weighted by molar-refractivity contribution is 5.78. The van der Waals surface area contributed by atoms with E-state index in [-0.39, 0.29) is 5.56 Å². The highest BCUT2D eigenvalue weighted by atomic mass is 19.2. The first-order valence-corrected chi connectivity index (χ1v) is 6.23. The van der Waals surface area contributed by atoms with E-state index >= 15 is 0 Å². The summed E-state index contributed by atoms with van der Waals surface area (Å²) in [5.41, 5.74) is 0.698. The summed E-state index contributed by atoms with van der Waals surface area (Å²) in [5.74, 6) is -3.51. The first-order chi connectivity index (χ1) is 10.1. The van der Waals surface area contributed by atoms with Gasteiger partial charge >= 0.3 is 0 Å². The molecule has 1 unspecified atom stereocenters. The molecule has 1 aromatic heterocycles. The molecule has 0 bridgehead atoms. The van der Waals surface area contributed by atoms with E-state index in [4.69, 9.17) is 0 Å². The predicted molar refractivity (Wildman–Crippen MR) is 72.1 cm³/mol. The van der Waals surface area contributed by atoms with Gasteiger partial charge in [-0.1, -0.05) is 18.2 Å². The van der Waals surface area contributed by atoms with Crippen molar-refractivity contribution in [3.8, 4) is 0 Å². The number of hydrogen-bond acceptors (Lipinski definition) is 2. The van der Waals surface area contributed by atoms with Crippen LogP contribution in [0.25, 0.3) is 10.9 Å². The molecule has 0 aliphatic carbocycles. The van der Waals surface area contributed by atoms with Gasteiger partial charge in [0, 0.05) is 28.8 Å². The molecule has 5 heteroatoms. The maximum atomic E-state index is 13.7. The third-order valence-electron chi connectivity index (χ3n) is 3.26. The second-order valence-electron chi connectivity index (χ2n) is 4.65. The van der Waals surface area contributed by atoms with E-state index in [1.165, 1.54) is 6.20 Å². The maximum absolute atomic E-state index is 13.7. The molecule has 0 radical (unpaired) electrons. The van der Waals surface area contributed by atoms with Crippen molar-refractivity contribution in [2.24, 2.45) is 0 Å². The van der Waals surface area contributed by atoms with Crippen LogP contribution in [0.15, 0.2) is 48.7 Å². The molecule has 3 rings (SSSR count). The number of pyridine rings is 1. The number of para-hydroxylation sites is 1. The molecule has 1 atom stereocenters. The molecule has 0 fully saturated rings. The zero-order valence-electron chi connectivity index (χ0n) is 10.7. The molecule has 1 heterocycles. The summed E-state index contributed by atoms with van der Waals surface area (Å²) >= 11 is 0. The molecule has 0 amide bonds. The minimum absolute atomic E-state index is 0.304. The summed E-state index contributed by atoms with van der Waals surface area (Å²) in [5, 5.41) is 10.9. The van der Waals surface area contributed by atoms with Crippen LogP contribution in [0.1, 0.15) is 17.2 Å². The average molecular weight is 289 g/mol. The van der Waals surface area contributed by atoms with Crippen LogP contribution in [0.5, 0.6) is 0 Å². The van der Waals surface area contributed by atoms with Gasteiger partial charge in [0.25, 0.3) is 0 Å². The van der Waals surface area contributed by atoms with E-state index in [9.17, 15) is 18.3 Å². The van der Waals surface area contributed by atoms with Gasteiger partial charge in [-0.3, -0.25) is 4.98 Å². The van der Waals surface area contributed by atoms with Gasteiger partial charge in [-0.15, -0.1) is 0 Å². The number of nitrogens with zero attached hydrogens (tertiary/aromatic N) is 1. The number of aliphatic hydroxyl groups is 1. The smallest absolute Gasteiger partial charge is 0.161 e. The lowest BCUT2D eigenvalue weighted by Gasteiger charge is -2.13. The van der Waals surface area contributed by atoms with E-state index in [1.807, 2.05) is 6.07 Å². The number of hydrogen-bond donors (Lipinski definition) is 1. The Kier molecular flexibility index (Phi) is 3.35. The Bertz CT molecular complexity index is 820. The lowest BCUT2D eigenvalue weighted by atomic mass is 10.0.